The fourth-order valence-corrected chi connectivity index (χ4v) is 3.98. The number of benzene rings is 1. The van der Waals surface area contributed by atoms with Gasteiger partial charge in [-0.15, -0.1) is 5.11 Å². The minimum atomic E-state index is -1.32. The Labute approximate surface area is 181 Å². The van der Waals surface area contributed by atoms with Crippen LogP contribution in [0.15, 0.2) is 40.6 Å². The highest BCUT2D eigenvalue weighted by molar-refractivity contribution is 5.96. The Morgan fingerprint density at radius 1 is 1.13 bits per heavy atom. The second-order valence-corrected chi connectivity index (χ2v) is 8.38. The molecule has 4 atom stereocenters. The molecule has 0 aromatic heterocycles. The highest BCUT2D eigenvalue weighted by Gasteiger charge is 2.38. The smallest absolute Gasteiger partial charge is 0.411 e. The molecule has 2 N–H and O–H groups in total. The molecule has 31 heavy (non-hydrogen) atoms. The van der Waals surface area contributed by atoms with Crippen molar-refractivity contribution < 1.29 is 23.9 Å². The van der Waals surface area contributed by atoms with Crippen molar-refractivity contribution in [1.82, 2.24) is 10.6 Å². The van der Waals surface area contributed by atoms with Gasteiger partial charge < -0.3 is 15.4 Å². The van der Waals surface area contributed by atoms with Gasteiger partial charge in [-0.1, -0.05) is 50.0 Å². The zero-order valence-electron chi connectivity index (χ0n) is 17.7. The van der Waals surface area contributed by atoms with Crippen molar-refractivity contribution in [3.8, 4) is 0 Å². The topological polar surface area (TPSA) is 126 Å². The van der Waals surface area contributed by atoms with E-state index in [1.54, 1.807) is 24.3 Å². The summed E-state index contributed by atoms with van der Waals surface area (Å²) in [6.07, 6.45) is 1.23. The highest BCUT2D eigenvalue weighted by atomic mass is 16.6. The van der Waals surface area contributed by atoms with E-state index >= 15 is 0 Å². The lowest BCUT2D eigenvalue weighted by molar-refractivity contribution is -0.134. The number of hydrogen-bond acceptors (Lipinski definition) is 6. The number of Topliss-reactive ketones (excluding diaryl/α,β-unsaturated/α-hetero) is 1. The number of amides is 3. The average molecular weight is 428 g/mol. The molecule has 9 heteroatoms. The molecule has 1 aromatic rings. The van der Waals surface area contributed by atoms with Gasteiger partial charge >= 0.3 is 6.09 Å². The number of ether oxygens (including phenoxy) is 1. The lowest BCUT2D eigenvalue weighted by Gasteiger charge is -2.32. The highest BCUT2D eigenvalue weighted by Crippen LogP contribution is 2.26. The lowest BCUT2D eigenvalue weighted by Crippen LogP contribution is -2.53. The molecule has 166 valence electrons. The van der Waals surface area contributed by atoms with Gasteiger partial charge in [-0.05, 0) is 37.3 Å². The van der Waals surface area contributed by atoms with Crippen molar-refractivity contribution in [3.05, 3.63) is 35.9 Å². The van der Waals surface area contributed by atoms with E-state index in [-0.39, 0.29) is 23.8 Å². The van der Waals surface area contributed by atoms with Crippen LogP contribution in [0.3, 0.4) is 0 Å². The molecule has 1 unspecified atom stereocenters. The first kappa shape index (κ1) is 22.6. The van der Waals surface area contributed by atoms with E-state index in [0.29, 0.717) is 24.8 Å². The molecule has 9 nitrogen and oxygen atoms in total. The molecule has 1 aliphatic carbocycles. The Hall–Kier alpha value is -3.10. The minimum Gasteiger partial charge on any atom is -0.411 e. The zero-order chi connectivity index (χ0) is 22.4. The Morgan fingerprint density at radius 2 is 1.84 bits per heavy atom. The van der Waals surface area contributed by atoms with Crippen molar-refractivity contribution >= 4 is 23.7 Å². The van der Waals surface area contributed by atoms with E-state index in [1.807, 2.05) is 19.9 Å². The van der Waals surface area contributed by atoms with Crippen molar-refractivity contribution in [3.63, 3.8) is 0 Å². The van der Waals surface area contributed by atoms with Crippen LogP contribution < -0.4 is 10.6 Å². The van der Waals surface area contributed by atoms with Crippen LogP contribution in [0.1, 0.15) is 56.3 Å². The van der Waals surface area contributed by atoms with Crippen LogP contribution in [-0.2, 0) is 14.3 Å². The summed E-state index contributed by atoms with van der Waals surface area (Å²) in [5, 5.41) is 12.6. The molecule has 3 amide bonds. The Kier molecular flexibility index (Phi) is 7.49. The number of rotatable bonds is 8. The molecule has 0 radical (unpaired) electrons. The third-order valence-corrected chi connectivity index (χ3v) is 5.52. The molecular weight excluding hydrogens is 400 g/mol. The molecule has 1 aliphatic heterocycles. The molecule has 0 bridgehead atoms. The van der Waals surface area contributed by atoms with E-state index in [0.717, 1.165) is 12.8 Å². The predicted molar refractivity (Wildman–Crippen MR) is 111 cm³/mol. The number of nitrogens with one attached hydrogen (secondary N) is 2. The second kappa shape index (κ2) is 10.3. The van der Waals surface area contributed by atoms with E-state index < -0.39 is 30.1 Å². The summed E-state index contributed by atoms with van der Waals surface area (Å²) in [6, 6.07) is 7.69. The van der Waals surface area contributed by atoms with Gasteiger partial charge in [0.1, 0.15) is 0 Å². The number of nitrogens with zero attached hydrogens (tertiary/aromatic N) is 2. The van der Waals surface area contributed by atoms with Crippen LogP contribution in [0.2, 0.25) is 0 Å². The summed E-state index contributed by atoms with van der Waals surface area (Å²) >= 11 is 0. The third-order valence-electron chi connectivity index (χ3n) is 5.52. The Bertz CT molecular complexity index is 855. The number of carbonyl (C=O) groups excluding carboxylic acids is 4. The number of carbonyl (C=O) groups is 4. The van der Waals surface area contributed by atoms with Gasteiger partial charge in [0.2, 0.25) is 11.7 Å². The Balaban J connectivity index is 1.68. The van der Waals surface area contributed by atoms with Gasteiger partial charge in [-0.2, -0.15) is 0 Å². The number of ketones is 1. The van der Waals surface area contributed by atoms with Crippen LogP contribution in [0.25, 0.3) is 0 Å². The van der Waals surface area contributed by atoms with Gasteiger partial charge in [-0.25, -0.2) is 4.79 Å². The van der Waals surface area contributed by atoms with Crippen LogP contribution in [0.4, 0.5) is 4.79 Å². The molecule has 1 aromatic carbocycles. The molecule has 1 heterocycles. The average Bonchev–Trinajstić information content (AvgIpc) is 3.19. The van der Waals surface area contributed by atoms with Gasteiger partial charge in [0.15, 0.2) is 0 Å². The van der Waals surface area contributed by atoms with Gasteiger partial charge in [0.25, 0.3) is 12.1 Å². The number of azo groups is 1. The van der Waals surface area contributed by atoms with Gasteiger partial charge in [0.05, 0.1) is 12.0 Å². The summed E-state index contributed by atoms with van der Waals surface area (Å²) in [5.41, 5.74) is 0.536. The summed E-state index contributed by atoms with van der Waals surface area (Å²) in [5.74, 6) is -1.35. The largest absolute Gasteiger partial charge is 0.454 e. The lowest BCUT2D eigenvalue weighted by atomic mass is 9.83. The third kappa shape index (κ3) is 5.96. The first-order chi connectivity index (χ1) is 14.8. The summed E-state index contributed by atoms with van der Waals surface area (Å²) < 4.78 is 4.81. The minimum absolute atomic E-state index is 0.114. The normalized spacial score (nSPS) is 23.8. The van der Waals surface area contributed by atoms with Crippen LogP contribution in [-0.4, -0.2) is 42.0 Å². The van der Waals surface area contributed by atoms with Crippen LogP contribution in [0.5, 0.6) is 0 Å². The number of hydrogen-bond donors (Lipinski definition) is 2. The standard InChI is InChI=1S/C22H28N4O5/c1-13(2)12-17(18(27)21-25-26-22(30)31-21)24-20(29)15-10-6-7-11-16(15)23-19(28)14-8-4-3-5-9-14/h3-5,8-9,13,15-17,21H,6-7,10-12H2,1-2H3,(H,23,28)(H,24,29)/t15-,16+,17+,21?/m1/s1. The predicted octanol–water partition coefficient (Wildman–Crippen LogP) is 3.00. The maximum Gasteiger partial charge on any atom is 0.454 e. The molecule has 2 aliphatic rings. The van der Waals surface area contributed by atoms with Gasteiger partial charge in [-0.3, -0.25) is 14.4 Å². The van der Waals surface area contributed by atoms with Crippen molar-refractivity contribution in [2.24, 2.45) is 22.1 Å². The summed E-state index contributed by atoms with van der Waals surface area (Å²) in [7, 11) is 0. The van der Waals surface area contributed by atoms with E-state index in [2.05, 4.69) is 20.9 Å². The zero-order valence-corrected chi connectivity index (χ0v) is 17.7. The first-order valence-electron chi connectivity index (χ1n) is 10.7. The Morgan fingerprint density at radius 3 is 2.48 bits per heavy atom. The summed E-state index contributed by atoms with van der Waals surface area (Å²) in [4.78, 5) is 49.7. The van der Waals surface area contributed by atoms with Crippen molar-refractivity contribution in [2.45, 2.75) is 64.3 Å². The van der Waals surface area contributed by atoms with Crippen LogP contribution in [0, 0.1) is 11.8 Å². The fourth-order valence-electron chi connectivity index (χ4n) is 3.98. The monoisotopic (exact) mass is 428 g/mol. The van der Waals surface area contributed by atoms with Crippen molar-refractivity contribution in [2.75, 3.05) is 0 Å². The van der Waals surface area contributed by atoms with Crippen molar-refractivity contribution in [1.29, 1.82) is 0 Å². The van der Waals surface area contributed by atoms with Crippen LogP contribution >= 0.6 is 0 Å². The van der Waals surface area contributed by atoms with Gasteiger partial charge in [0, 0.05) is 11.6 Å². The second-order valence-electron chi connectivity index (χ2n) is 8.38. The molecule has 1 saturated carbocycles. The molecule has 1 fully saturated rings. The first-order valence-corrected chi connectivity index (χ1v) is 10.7. The maximum absolute atomic E-state index is 13.1. The molecule has 0 spiro atoms. The summed E-state index contributed by atoms with van der Waals surface area (Å²) in [6.45, 7) is 3.86. The molecule has 3 rings (SSSR count). The number of cyclic esters (lactones) is 1. The fraction of sp³-hybridized carbons (Fsp3) is 0.545. The maximum atomic E-state index is 13.1. The molecular formula is C22H28N4O5. The van der Waals surface area contributed by atoms with E-state index in [4.69, 9.17) is 4.74 Å². The quantitative estimate of drug-likeness (QED) is 0.658. The molecule has 0 saturated heterocycles. The van der Waals surface area contributed by atoms with E-state index in [1.165, 1.54) is 0 Å². The SMILES string of the molecule is CC(C)C[C@H](NC(=O)[C@@H]1CCCC[C@@H]1NC(=O)c1ccccc1)C(=O)C1N=NC(=O)O1. The van der Waals surface area contributed by atoms with E-state index in [9.17, 15) is 19.2 Å².